The third-order valence-corrected chi connectivity index (χ3v) is 5.65. The van der Waals surface area contributed by atoms with E-state index < -0.39 is 11.5 Å². The Kier molecular flexibility index (Phi) is 5.69. The summed E-state index contributed by atoms with van der Waals surface area (Å²) in [5, 5.41) is 13.5. The summed E-state index contributed by atoms with van der Waals surface area (Å²) in [4.78, 5) is 39.0. The van der Waals surface area contributed by atoms with Crippen LogP contribution in [0, 0.1) is 12.8 Å². The van der Waals surface area contributed by atoms with E-state index in [-0.39, 0.29) is 30.0 Å². The Hall–Kier alpha value is -2.15. The van der Waals surface area contributed by atoms with E-state index in [1.807, 2.05) is 11.8 Å². The topological polar surface area (TPSA) is 91.6 Å². The molecule has 2 fully saturated rings. The lowest BCUT2D eigenvalue weighted by molar-refractivity contribution is -0.140. The minimum Gasteiger partial charge on any atom is -0.378 e. The summed E-state index contributed by atoms with van der Waals surface area (Å²) < 4.78 is 1.33. The lowest BCUT2D eigenvalue weighted by Gasteiger charge is -2.25. The maximum Gasteiger partial charge on any atom is 0.253 e. The van der Waals surface area contributed by atoms with Gasteiger partial charge in [0.25, 0.3) is 11.5 Å². The van der Waals surface area contributed by atoms with Crippen molar-refractivity contribution >= 4 is 11.8 Å². The van der Waals surface area contributed by atoms with Gasteiger partial charge >= 0.3 is 0 Å². The number of likely N-dealkylation sites (tertiary alicyclic amines) is 1. The highest BCUT2D eigenvalue weighted by Gasteiger charge is 2.37. The van der Waals surface area contributed by atoms with Gasteiger partial charge in [0.2, 0.25) is 5.91 Å². The van der Waals surface area contributed by atoms with Crippen molar-refractivity contribution < 1.29 is 14.7 Å². The van der Waals surface area contributed by atoms with Gasteiger partial charge in [0.1, 0.15) is 0 Å². The first-order chi connectivity index (χ1) is 12.8. The van der Waals surface area contributed by atoms with Gasteiger partial charge in [-0.3, -0.25) is 14.4 Å². The van der Waals surface area contributed by atoms with Gasteiger partial charge in [0.15, 0.2) is 5.60 Å². The molecule has 2 aliphatic rings. The van der Waals surface area contributed by atoms with E-state index in [0.29, 0.717) is 6.42 Å². The van der Waals surface area contributed by atoms with Crippen molar-refractivity contribution in [2.45, 2.75) is 64.1 Å². The number of hydrogen-bond acceptors (Lipinski definition) is 4. The molecule has 2 heterocycles. The number of aliphatic hydroxyl groups is 1. The van der Waals surface area contributed by atoms with Gasteiger partial charge in [0.05, 0.1) is 6.54 Å². The highest BCUT2D eigenvalue weighted by molar-refractivity contribution is 5.85. The summed E-state index contributed by atoms with van der Waals surface area (Å²) in [6, 6.07) is 3.12. The molecule has 2 N–H and O–H groups in total. The molecule has 7 heteroatoms. The number of carbonyl (C=O) groups excluding carboxylic acids is 2. The Balaban J connectivity index is 1.56. The number of nitrogens with zero attached hydrogens (tertiary/aromatic N) is 2. The maximum atomic E-state index is 12.6. The standard InChI is InChI=1S/C20H29N3O4/c1-14-7-10-23(17(24)11-14)13-20(2,27)19(26)21-16-6-5-15(12-16)18(25)22-8-3-4-9-22/h7,10-11,15-16,27H,3-6,8-9,12-13H2,1-2H3,(H,21,26)/t15-,16+,20?/m1/s1. The van der Waals surface area contributed by atoms with Crippen LogP contribution in [0.1, 0.15) is 44.6 Å². The number of amides is 2. The fourth-order valence-corrected chi connectivity index (χ4v) is 4.01. The fraction of sp³-hybridized carbons (Fsp3) is 0.650. The van der Waals surface area contributed by atoms with Crippen molar-refractivity contribution in [1.29, 1.82) is 0 Å². The largest absolute Gasteiger partial charge is 0.378 e. The summed E-state index contributed by atoms with van der Waals surface area (Å²) in [5.41, 5.74) is -1.11. The maximum absolute atomic E-state index is 12.6. The van der Waals surface area contributed by atoms with Crippen LogP contribution >= 0.6 is 0 Å². The van der Waals surface area contributed by atoms with E-state index in [1.54, 1.807) is 12.3 Å². The van der Waals surface area contributed by atoms with Gasteiger partial charge in [-0.15, -0.1) is 0 Å². The summed E-state index contributed by atoms with van der Waals surface area (Å²) in [7, 11) is 0. The summed E-state index contributed by atoms with van der Waals surface area (Å²) in [5.74, 6) is -0.352. The molecule has 148 valence electrons. The van der Waals surface area contributed by atoms with E-state index in [2.05, 4.69) is 5.32 Å². The second kappa shape index (κ2) is 7.84. The third kappa shape index (κ3) is 4.58. The van der Waals surface area contributed by atoms with Gasteiger partial charge in [-0.2, -0.15) is 0 Å². The van der Waals surface area contributed by atoms with Crippen LogP contribution in [-0.4, -0.2) is 51.1 Å². The number of hydrogen-bond donors (Lipinski definition) is 2. The molecule has 2 amide bonds. The number of nitrogens with one attached hydrogen (secondary N) is 1. The summed E-state index contributed by atoms with van der Waals surface area (Å²) >= 11 is 0. The molecule has 7 nitrogen and oxygen atoms in total. The Morgan fingerprint density at radius 1 is 1.30 bits per heavy atom. The van der Waals surface area contributed by atoms with Crippen LogP contribution in [0.4, 0.5) is 0 Å². The zero-order valence-corrected chi connectivity index (χ0v) is 16.1. The van der Waals surface area contributed by atoms with E-state index in [9.17, 15) is 19.5 Å². The third-order valence-electron chi connectivity index (χ3n) is 5.65. The van der Waals surface area contributed by atoms with Crippen molar-refractivity contribution in [2.75, 3.05) is 13.1 Å². The zero-order valence-electron chi connectivity index (χ0n) is 16.1. The van der Waals surface area contributed by atoms with Gasteiger partial charge in [0, 0.05) is 37.3 Å². The lowest BCUT2D eigenvalue weighted by Crippen LogP contribution is -2.51. The molecule has 1 aromatic heterocycles. The van der Waals surface area contributed by atoms with Crippen molar-refractivity contribution in [1.82, 2.24) is 14.8 Å². The summed E-state index contributed by atoms with van der Waals surface area (Å²) in [6.07, 6.45) is 5.83. The Morgan fingerprint density at radius 2 is 2.00 bits per heavy atom. The number of carbonyl (C=O) groups is 2. The predicted octanol–water partition coefficient (Wildman–Crippen LogP) is 0.815. The number of rotatable bonds is 5. The number of aryl methyl sites for hydroxylation is 1. The van der Waals surface area contributed by atoms with Crippen LogP contribution < -0.4 is 10.9 Å². The molecular weight excluding hydrogens is 346 g/mol. The van der Waals surface area contributed by atoms with Crippen LogP contribution in [0.5, 0.6) is 0 Å². The predicted molar refractivity (Wildman–Crippen MR) is 101 cm³/mol. The van der Waals surface area contributed by atoms with Crippen LogP contribution in [0.25, 0.3) is 0 Å². The molecule has 0 radical (unpaired) electrons. The molecule has 1 saturated heterocycles. The molecule has 1 aliphatic carbocycles. The Labute approximate surface area is 159 Å². The molecule has 3 atom stereocenters. The smallest absolute Gasteiger partial charge is 0.253 e. The van der Waals surface area contributed by atoms with Crippen LogP contribution in [-0.2, 0) is 16.1 Å². The molecule has 1 aliphatic heterocycles. The van der Waals surface area contributed by atoms with Crippen molar-refractivity contribution in [3.63, 3.8) is 0 Å². The van der Waals surface area contributed by atoms with Gasteiger partial charge in [-0.25, -0.2) is 0 Å². The van der Waals surface area contributed by atoms with E-state index in [4.69, 9.17) is 0 Å². The lowest BCUT2D eigenvalue weighted by atomic mass is 10.0. The number of pyridine rings is 1. The van der Waals surface area contributed by atoms with Gasteiger partial charge < -0.3 is 19.9 Å². The quantitative estimate of drug-likeness (QED) is 0.797. The Bertz CT molecular complexity index is 765. The molecule has 27 heavy (non-hydrogen) atoms. The molecule has 1 saturated carbocycles. The first-order valence-corrected chi connectivity index (χ1v) is 9.75. The second-order valence-corrected chi connectivity index (χ2v) is 8.16. The minimum atomic E-state index is -1.70. The highest BCUT2D eigenvalue weighted by Crippen LogP contribution is 2.29. The van der Waals surface area contributed by atoms with E-state index >= 15 is 0 Å². The monoisotopic (exact) mass is 375 g/mol. The van der Waals surface area contributed by atoms with Crippen molar-refractivity contribution in [2.24, 2.45) is 5.92 Å². The van der Waals surface area contributed by atoms with Crippen LogP contribution in [0.3, 0.4) is 0 Å². The average molecular weight is 375 g/mol. The SMILES string of the molecule is Cc1ccn(CC(C)(O)C(=O)N[C@H]2CC[C@@H](C(=O)N3CCCC3)C2)c(=O)c1. The molecule has 1 aromatic rings. The van der Waals surface area contributed by atoms with E-state index in [0.717, 1.165) is 44.3 Å². The Morgan fingerprint density at radius 3 is 2.67 bits per heavy atom. The normalized spacial score (nSPS) is 24.6. The van der Waals surface area contributed by atoms with E-state index in [1.165, 1.54) is 17.6 Å². The van der Waals surface area contributed by atoms with Gasteiger partial charge in [-0.1, -0.05) is 0 Å². The highest BCUT2D eigenvalue weighted by atomic mass is 16.3. The van der Waals surface area contributed by atoms with Crippen LogP contribution in [0.2, 0.25) is 0 Å². The molecule has 0 spiro atoms. The van der Waals surface area contributed by atoms with Crippen molar-refractivity contribution in [3.05, 3.63) is 34.2 Å². The molecule has 3 rings (SSSR count). The fourth-order valence-electron chi connectivity index (χ4n) is 4.01. The molecular formula is C20H29N3O4. The molecule has 0 aromatic carbocycles. The summed E-state index contributed by atoms with van der Waals surface area (Å²) in [6.45, 7) is 4.80. The first kappa shape index (κ1) is 19.6. The van der Waals surface area contributed by atoms with Crippen LogP contribution in [0.15, 0.2) is 23.1 Å². The second-order valence-electron chi connectivity index (χ2n) is 8.16. The van der Waals surface area contributed by atoms with Crippen molar-refractivity contribution in [3.8, 4) is 0 Å². The number of aromatic nitrogens is 1. The minimum absolute atomic E-state index is 0.0435. The molecule has 0 bridgehead atoms. The first-order valence-electron chi connectivity index (χ1n) is 9.75. The zero-order chi connectivity index (χ0) is 19.6. The molecule has 1 unspecified atom stereocenters. The average Bonchev–Trinajstić information content (AvgIpc) is 3.28. The van der Waals surface area contributed by atoms with Gasteiger partial charge in [-0.05, 0) is 57.6 Å².